The van der Waals surface area contributed by atoms with Crippen LogP contribution in [-0.4, -0.2) is 63.2 Å². The first-order chi connectivity index (χ1) is 8.15. The van der Waals surface area contributed by atoms with E-state index in [1.54, 1.807) is 0 Å². The van der Waals surface area contributed by atoms with Crippen LogP contribution in [0.3, 0.4) is 0 Å². The van der Waals surface area contributed by atoms with Crippen LogP contribution < -0.4 is 5.32 Å². The van der Waals surface area contributed by atoms with Gasteiger partial charge in [-0.3, -0.25) is 0 Å². The summed E-state index contributed by atoms with van der Waals surface area (Å²) in [6, 6.07) is 2.29. The fourth-order valence-corrected chi connectivity index (χ4v) is 2.49. The van der Waals surface area contributed by atoms with E-state index < -0.39 is 0 Å². The quantitative estimate of drug-likeness (QED) is 0.742. The molecule has 1 N–H and O–H groups in total. The summed E-state index contributed by atoms with van der Waals surface area (Å²) in [7, 11) is 6.16. The van der Waals surface area contributed by atoms with Crippen LogP contribution in [0.2, 0.25) is 0 Å². The van der Waals surface area contributed by atoms with Crippen LogP contribution in [0.1, 0.15) is 19.3 Å². The number of piperidine rings is 1. The average Bonchev–Trinajstić information content (AvgIpc) is 2.32. The van der Waals surface area contributed by atoms with Gasteiger partial charge in [0.05, 0.1) is 12.1 Å². The lowest BCUT2D eigenvalue weighted by Crippen LogP contribution is -2.39. The molecule has 1 rings (SSSR count). The van der Waals surface area contributed by atoms with Crippen LogP contribution in [0, 0.1) is 17.2 Å². The van der Waals surface area contributed by atoms with Gasteiger partial charge in [-0.05, 0) is 59.4 Å². The van der Waals surface area contributed by atoms with E-state index in [0.717, 1.165) is 18.9 Å². The fourth-order valence-electron chi connectivity index (χ4n) is 2.49. The Morgan fingerprint density at radius 3 is 2.53 bits per heavy atom. The molecule has 0 radical (unpaired) electrons. The molecule has 4 heteroatoms. The molecule has 0 aliphatic carbocycles. The zero-order valence-electron chi connectivity index (χ0n) is 11.4. The third-order valence-electron chi connectivity index (χ3n) is 3.57. The highest BCUT2D eigenvalue weighted by Crippen LogP contribution is 2.17. The third-order valence-corrected chi connectivity index (χ3v) is 3.57. The highest BCUT2D eigenvalue weighted by Gasteiger charge is 2.19. The maximum Gasteiger partial charge on any atom is 0.0962 e. The molecular weight excluding hydrogens is 212 g/mol. The van der Waals surface area contributed by atoms with Gasteiger partial charge in [-0.1, -0.05) is 0 Å². The minimum atomic E-state index is 0.00880. The minimum Gasteiger partial charge on any atom is -0.309 e. The van der Waals surface area contributed by atoms with E-state index in [4.69, 9.17) is 5.26 Å². The Morgan fingerprint density at radius 1 is 1.41 bits per heavy atom. The molecule has 4 nitrogen and oxygen atoms in total. The SMILES string of the molecule is CNC(C#N)CCN1CCC(CN(C)C)CC1. The first-order valence-electron chi connectivity index (χ1n) is 6.59. The molecule has 1 aliphatic heterocycles. The maximum atomic E-state index is 8.86. The Morgan fingerprint density at radius 2 is 2.06 bits per heavy atom. The Hall–Kier alpha value is -0.630. The molecule has 0 spiro atoms. The molecule has 1 heterocycles. The van der Waals surface area contributed by atoms with E-state index in [0.29, 0.717) is 0 Å². The molecule has 0 amide bonds. The Balaban J connectivity index is 2.17. The van der Waals surface area contributed by atoms with Gasteiger partial charge in [0.25, 0.3) is 0 Å². The summed E-state index contributed by atoms with van der Waals surface area (Å²) in [6.45, 7) is 4.65. The van der Waals surface area contributed by atoms with E-state index in [-0.39, 0.29) is 6.04 Å². The topological polar surface area (TPSA) is 42.3 Å². The number of nitrogens with zero attached hydrogens (tertiary/aromatic N) is 3. The molecule has 1 fully saturated rings. The Labute approximate surface area is 106 Å². The van der Waals surface area contributed by atoms with Crippen molar-refractivity contribution in [1.82, 2.24) is 15.1 Å². The molecule has 98 valence electrons. The van der Waals surface area contributed by atoms with E-state index in [1.165, 1.54) is 32.5 Å². The van der Waals surface area contributed by atoms with E-state index in [1.807, 2.05) is 7.05 Å². The van der Waals surface area contributed by atoms with Crippen molar-refractivity contribution in [3.63, 3.8) is 0 Å². The van der Waals surface area contributed by atoms with Crippen LogP contribution in [0.25, 0.3) is 0 Å². The number of hydrogen-bond donors (Lipinski definition) is 1. The van der Waals surface area contributed by atoms with Gasteiger partial charge < -0.3 is 15.1 Å². The van der Waals surface area contributed by atoms with Gasteiger partial charge in [0.2, 0.25) is 0 Å². The number of nitrogens with one attached hydrogen (secondary N) is 1. The van der Waals surface area contributed by atoms with Gasteiger partial charge in [-0.2, -0.15) is 5.26 Å². The van der Waals surface area contributed by atoms with Crippen molar-refractivity contribution in [2.45, 2.75) is 25.3 Å². The summed E-state index contributed by atoms with van der Waals surface area (Å²) >= 11 is 0. The van der Waals surface area contributed by atoms with Gasteiger partial charge in [-0.15, -0.1) is 0 Å². The molecule has 0 aromatic rings. The van der Waals surface area contributed by atoms with Crippen molar-refractivity contribution < 1.29 is 0 Å². The van der Waals surface area contributed by atoms with E-state index >= 15 is 0 Å². The number of nitriles is 1. The molecule has 0 bridgehead atoms. The number of likely N-dealkylation sites (tertiary alicyclic amines) is 1. The molecule has 1 saturated heterocycles. The summed E-state index contributed by atoms with van der Waals surface area (Å²) in [4.78, 5) is 4.78. The molecule has 1 unspecified atom stereocenters. The Bertz CT molecular complexity index is 238. The fraction of sp³-hybridized carbons (Fsp3) is 0.923. The van der Waals surface area contributed by atoms with Crippen LogP contribution in [0.4, 0.5) is 0 Å². The third kappa shape index (κ3) is 5.49. The van der Waals surface area contributed by atoms with Gasteiger partial charge in [0.1, 0.15) is 0 Å². The van der Waals surface area contributed by atoms with Crippen LogP contribution in [0.15, 0.2) is 0 Å². The summed E-state index contributed by atoms with van der Waals surface area (Å²) in [5, 5.41) is 11.9. The smallest absolute Gasteiger partial charge is 0.0962 e. The lowest BCUT2D eigenvalue weighted by molar-refractivity contribution is 0.159. The van der Waals surface area contributed by atoms with Crippen LogP contribution >= 0.6 is 0 Å². The molecule has 0 aromatic carbocycles. The van der Waals surface area contributed by atoms with Crippen molar-refractivity contribution in [3.05, 3.63) is 0 Å². The lowest BCUT2D eigenvalue weighted by Gasteiger charge is -2.33. The molecule has 0 saturated carbocycles. The van der Waals surface area contributed by atoms with Gasteiger partial charge in [0.15, 0.2) is 0 Å². The minimum absolute atomic E-state index is 0.00880. The number of rotatable bonds is 6. The highest BCUT2D eigenvalue weighted by molar-refractivity contribution is 4.89. The second-order valence-corrected chi connectivity index (χ2v) is 5.31. The van der Waals surface area contributed by atoms with Gasteiger partial charge in [-0.25, -0.2) is 0 Å². The van der Waals surface area contributed by atoms with E-state index in [2.05, 4.69) is 35.3 Å². The normalized spacial score (nSPS) is 20.4. The molecule has 1 atom stereocenters. The van der Waals surface area contributed by atoms with Crippen molar-refractivity contribution in [3.8, 4) is 6.07 Å². The number of hydrogen-bond acceptors (Lipinski definition) is 4. The first kappa shape index (κ1) is 14.4. The second kappa shape index (κ2) is 7.65. The zero-order chi connectivity index (χ0) is 12.7. The zero-order valence-corrected chi connectivity index (χ0v) is 11.4. The lowest BCUT2D eigenvalue weighted by atomic mass is 9.96. The molecule has 17 heavy (non-hydrogen) atoms. The molecule has 0 aromatic heterocycles. The van der Waals surface area contributed by atoms with E-state index in [9.17, 15) is 0 Å². The van der Waals surface area contributed by atoms with Crippen molar-refractivity contribution >= 4 is 0 Å². The molecule has 1 aliphatic rings. The predicted octanol–water partition coefficient (Wildman–Crippen LogP) is 0.762. The van der Waals surface area contributed by atoms with Crippen LogP contribution in [0.5, 0.6) is 0 Å². The summed E-state index contributed by atoms with van der Waals surface area (Å²) in [6.07, 6.45) is 3.54. The predicted molar refractivity (Wildman–Crippen MR) is 70.8 cm³/mol. The Kier molecular flexibility index (Phi) is 6.49. The highest BCUT2D eigenvalue weighted by atomic mass is 15.1. The average molecular weight is 238 g/mol. The summed E-state index contributed by atoms with van der Waals surface area (Å²) in [5.41, 5.74) is 0. The largest absolute Gasteiger partial charge is 0.309 e. The van der Waals surface area contributed by atoms with Crippen molar-refractivity contribution in [1.29, 1.82) is 5.26 Å². The monoisotopic (exact) mass is 238 g/mol. The van der Waals surface area contributed by atoms with Crippen molar-refractivity contribution in [2.75, 3.05) is 47.3 Å². The second-order valence-electron chi connectivity index (χ2n) is 5.31. The first-order valence-corrected chi connectivity index (χ1v) is 6.59. The van der Waals surface area contributed by atoms with Gasteiger partial charge >= 0.3 is 0 Å². The maximum absolute atomic E-state index is 8.86. The summed E-state index contributed by atoms with van der Waals surface area (Å²) in [5.74, 6) is 0.859. The van der Waals surface area contributed by atoms with Gasteiger partial charge in [0, 0.05) is 13.1 Å². The standard InChI is InChI=1S/C13H26N4/c1-15-13(10-14)6-9-17-7-4-12(5-8-17)11-16(2)3/h12-13,15H,4-9,11H2,1-3H3. The van der Waals surface area contributed by atoms with Crippen molar-refractivity contribution in [2.24, 2.45) is 5.92 Å². The molecular formula is C13H26N4. The van der Waals surface area contributed by atoms with Crippen LogP contribution in [-0.2, 0) is 0 Å². The summed E-state index contributed by atoms with van der Waals surface area (Å²) < 4.78 is 0.